The summed E-state index contributed by atoms with van der Waals surface area (Å²) >= 11 is 0. The Balaban J connectivity index is 1.18. The van der Waals surface area contributed by atoms with Crippen molar-refractivity contribution < 1.29 is 34.1 Å². The molecule has 0 aliphatic heterocycles. The number of benzene rings is 1. The number of hydrogen-bond acceptors (Lipinski definition) is 7. The van der Waals surface area contributed by atoms with Gasteiger partial charge in [0, 0.05) is 18.3 Å². The SMILES string of the molecule is C[C@H](NC(=O)CCC(=O)OCC(=O)[C@@]1(O)CC[C@@H]2[C@@H]3CCC4=CC(=O)CC[C@]4(C)[C@@H]3[C@H](O)C[C@@]21C)c1ccccc1. The maximum absolute atomic E-state index is 13.4. The molecule has 3 saturated carbocycles. The van der Waals surface area contributed by atoms with Gasteiger partial charge in [-0.05, 0) is 80.3 Å². The van der Waals surface area contributed by atoms with Crippen molar-refractivity contribution in [2.24, 2.45) is 28.6 Å². The first-order valence-corrected chi connectivity index (χ1v) is 15.1. The van der Waals surface area contributed by atoms with E-state index >= 15 is 0 Å². The van der Waals surface area contributed by atoms with Crippen molar-refractivity contribution in [3.05, 3.63) is 47.5 Å². The highest BCUT2D eigenvalue weighted by Gasteiger charge is 2.68. The van der Waals surface area contributed by atoms with Crippen LogP contribution in [0.3, 0.4) is 0 Å². The molecule has 0 bridgehead atoms. The molecule has 8 nitrogen and oxygen atoms in total. The third kappa shape index (κ3) is 5.18. The van der Waals surface area contributed by atoms with Crippen LogP contribution < -0.4 is 5.32 Å². The van der Waals surface area contributed by atoms with Gasteiger partial charge in [0.2, 0.25) is 11.7 Å². The molecule has 1 aromatic rings. The van der Waals surface area contributed by atoms with Crippen molar-refractivity contribution in [2.45, 2.75) is 96.3 Å². The van der Waals surface area contributed by atoms with E-state index in [1.807, 2.05) is 44.2 Å². The average molecular weight is 566 g/mol. The summed E-state index contributed by atoms with van der Waals surface area (Å²) in [6.07, 6.45) is 4.88. The Morgan fingerprint density at radius 3 is 2.54 bits per heavy atom. The van der Waals surface area contributed by atoms with E-state index in [2.05, 4.69) is 12.2 Å². The van der Waals surface area contributed by atoms with Gasteiger partial charge in [-0.1, -0.05) is 49.8 Å². The molecular formula is C33H43NO7. The van der Waals surface area contributed by atoms with Gasteiger partial charge < -0.3 is 20.3 Å². The van der Waals surface area contributed by atoms with Crippen molar-refractivity contribution in [1.82, 2.24) is 5.32 Å². The Kier molecular flexibility index (Phi) is 8.03. The van der Waals surface area contributed by atoms with Crippen LogP contribution in [-0.2, 0) is 23.9 Å². The zero-order chi connectivity index (χ0) is 29.6. The molecule has 1 aromatic carbocycles. The van der Waals surface area contributed by atoms with E-state index in [1.54, 1.807) is 6.08 Å². The van der Waals surface area contributed by atoms with Crippen LogP contribution in [0.2, 0.25) is 0 Å². The van der Waals surface area contributed by atoms with E-state index in [0.717, 1.165) is 30.4 Å². The molecule has 0 spiro atoms. The van der Waals surface area contributed by atoms with E-state index in [-0.39, 0.29) is 66.6 Å². The first kappa shape index (κ1) is 29.6. The number of amides is 1. The van der Waals surface area contributed by atoms with Crippen molar-refractivity contribution >= 4 is 23.4 Å². The van der Waals surface area contributed by atoms with Gasteiger partial charge in [0.15, 0.2) is 12.4 Å². The van der Waals surface area contributed by atoms with Gasteiger partial charge in [-0.2, -0.15) is 0 Å². The summed E-state index contributed by atoms with van der Waals surface area (Å²) in [5, 5.41) is 26.2. The molecule has 8 heteroatoms. The number of carbonyl (C=O) groups excluding carboxylic acids is 4. The van der Waals surface area contributed by atoms with Crippen LogP contribution in [0.1, 0.15) is 90.2 Å². The van der Waals surface area contributed by atoms with Gasteiger partial charge in [-0.15, -0.1) is 0 Å². The largest absolute Gasteiger partial charge is 0.458 e. The number of rotatable bonds is 8. The van der Waals surface area contributed by atoms with E-state index in [9.17, 15) is 29.4 Å². The van der Waals surface area contributed by atoms with Gasteiger partial charge in [0.05, 0.1) is 18.6 Å². The van der Waals surface area contributed by atoms with Crippen molar-refractivity contribution in [1.29, 1.82) is 0 Å². The topological polar surface area (TPSA) is 130 Å². The number of aliphatic hydroxyl groups is 2. The van der Waals surface area contributed by atoms with Crippen LogP contribution in [0.5, 0.6) is 0 Å². The molecule has 41 heavy (non-hydrogen) atoms. The Morgan fingerprint density at radius 2 is 1.80 bits per heavy atom. The fourth-order valence-electron chi connectivity index (χ4n) is 8.84. The lowest BCUT2D eigenvalue weighted by atomic mass is 9.45. The van der Waals surface area contributed by atoms with E-state index in [4.69, 9.17) is 4.74 Å². The molecule has 0 unspecified atom stereocenters. The maximum Gasteiger partial charge on any atom is 0.306 e. The van der Waals surface area contributed by atoms with E-state index in [1.165, 1.54) is 0 Å². The van der Waals surface area contributed by atoms with Crippen molar-refractivity contribution in [2.75, 3.05) is 6.61 Å². The molecule has 4 aliphatic carbocycles. The lowest BCUT2D eigenvalue weighted by molar-refractivity contribution is -0.184. The van der Waals surface area contributed by atoms with Crippen LogP contribution in [-0.4, -0.2) is 52.0 Å². The predicted molar refractivity (Wildman–Crippen MR) is 151 cm³/mol. The molecule has 0 heterocycles. The Hall–Kier alpha value is -2.84. The summed E-state index contributed by atoms with van der Waals surface area (Å²) in [6, 6.07) is 9.30. The molecule has 3 fully saturated rings. The first-order valence-electron chi connectivity index (χ1n) is 15.1. The van der Waals surface area contributed by atoms with Gasteiger partial charge >= 0.3 is 5.97 Å². The number of allylic oxidation sites excluding steroid dienone is 1. The molecule has 1 amide bonds. The molecule has 0 aromatic heterocycles. The number of Topliss-reactive ketones (excluding diaryl/α,β-unsaturated/α-hetero) is 1. The molecule has 5 rings (SSSR count). The Labute approximate surface area is 241 Å². The Morgan fingerprint density at radius 1 is 1.07 bits per heavy atom. The van der Waals surface area contributed by atoms with E-state index < -0.39 is 35.5 Å². The van der Waals surface area contributed by atoms with Gasteiger partial charge in [0.1, 0.15) is 5.60 Å². The fourth-order valence-corrected chi connectivity index (χ4v) is 8.84. The highest BCUT2D eigenvalue weighted by atomic mass is 16.5. The fraction of sp³-hybridized carbons (Fsp3) is 0.636. The van der Waals surface area contributed by atoms with Crippen molar-refractivity contribution in [3.8, 4) is 0 Å². The smallest absolute Gasteiger partial charge is 0.306 e. The normalized spacial score (nSPS) is 36.7. The molecule has 4 aliphatic rings. The molecule has 8 atom stereocenters. The first-order chi connectivity index (χ1) is 19.4. The molecule has 3 N–H and O–H groups in total. The van der Waals surface area contributed by atoms with Gasteiger partial charge in [-0.3, -0.25) is 19.2 Å². The minimum Gasteiger partial charge on any atom is -0.458 e. The number of hydrogen-bond donors (Lipinski definition) is 3. The number of ketones is 2. The quantitative estimate of drug-likeness (QED) is 0.407. The van der Waals surface area contributed by atoms with Gasteiger partial charge in [0.25, 0.3) is 0 Å². The summed E-state index contributed by atoms with van der Waals surface area (Å²) in [5.74, 6) is -1.17. The third-order valence-corrected chi connectivity index (χ3v) is 11.1. The van der Waals surface area contributed by atoms with Gasteiger partial charge in [-0.25, -0.2) is 0 Å². The van der Waals surface area contributed by atoms with Crippen LogP contribution in [0.4, 0.5) is 0 Å². The maximum atomic E-state index is 13.4. The number of fused-ring (bicyclic) bond motifs is 5. The number of ether oxygens (including phenoxy) is 1. The predicted octanol–water partition coefficient (Wildman–Crippen LogP) is 3.99. The summed E-state index contributed by atoms with van der Waals surface area (Å²) in [5.41, 5.74) is -0.698. The molecule has 222 valence electrons. The second-order valence-electron chi connectivity index (χ2n) is 13.3. The highest BCUT2D eigenvalue weighted by molar-refractivity contribution is 5.92. The lowest BCUT2D eigenvalue weighted by Gasteiger charge is -2.60. The zero-order valence-electron chi connectivity index (χ0n) is 24.4. The lowest BCUT2D eigenvalue weighted by Crippen LogP contribution is -2.62. The summed E-state index contributed by atoms with van der Waals surface area (Å²) in [6.45, 7) is 5.38. The summed E-state index contributed by atoms with van der Waals surface area (Å²) in [7, 11) is 0. The highest BCUT2D eigenvalue weighted by Crippen LogP contribution is 2.67. The number of aliphatic hydroxyl groups excluding tert-OH is 1. The van der Waals surface area contributed by atoms with Crippen LogP contribution in [0.15, 0.2) is 42.0 Å². The van der Waals surface area contributed by atoms with Crippen LogP contribution >= 0.6 is 0 Å². The average Bonchev–Trinajstić information content (AvgIpc) is 3.21. The number of carbonyl (C=O) groups is 4. The molecule has 0 saturated heterocycles. The van der Waals surface area contributed by atoms with Crippen LogP contribution in [0, 0.1) is 28.6 Å². The minimum absolute atomic E-state index is 0.0142. The summed E-state index contributed by atoms with van der Waals surface area (Å²) in [4.78, 5) is 50.3. The number of nitrogens with one attached hydrogen (secondary N) is 1. The Bertz CT molecular complexity index is 1240. The third-order valence-electron chi connectivity index (χ3n) is 11.1. The minimum atomic E-state index is -1.70. The second kappa shape index (κ2) is 11.1. The second-order valence-corrected chi connectivity index (χ2v) is 13.3. The zero-order valence-corrected chi connectivity index (χ0v) is 24.4. The van der Waals surface area contributed by atoms with E-state index in [0.29, 0.717) is 12.8 Å². The monoisotopic (exact) mass is 565 g/mol. The van der Waals surface area contributed by atoms with Crippen LogP contribution in [0.25, 0.3) is 0 Å². The number of esters is 1. The molecule has 0 radical (unpaired) electrons. The molecular weight excluding hydrogens is 522 g/mol. The standard InChI is InChI=1S/C33H43NO7/c1-20(21-7-5-4-6-8-21)34-28(38)11-12-29(39)41-19-27(37)33(40)16-14-25-24-10-9-22-17-23(35)13-15-31(22,2)30(24)26(36)18-32(25,33)3/h4-8,17,20,24-26,30,36,40H,9-16,18-19H2,1-3H3,(H,34,38)/t20-,24-,25+,26+,30-,31-,32-,33-/m0/s1. The van der Waals surface area contributed by atoms with Crippen molar-refractivity contribution in [3.63, 3.8) is 0 Å². The summed E-state index contributed by atoms with van der Waals surface area (Å²) < 4.78 is 5.25.